The van der Waals surface area contributed by atoms with Gasteiger partial charge in [-0.05, 0) is 36.2 Å². The first-order valence-corrected chi connectivity index (χ1v) is 9.59. The second-order valence-electron chi connectivity index (χ2n) is 7.00. The van der Waals surface area contributed by atoms with Crippen molar-refractivity contribution in [3.05, 3.63) is 53.8 Å². The number of amides is 1. The molecular weight excluding hydrogens is 377 g/mol. The molecule has 2 atom stereocenters. The third kappa shape index (κ3) is 5.38. The number of benzene rings is 2. The molecule has 1 heterocycles. The highest BCUT2D eigenvalue weighted by Gasteiger charge is 2.32. The van der Waals surface area contributed by atoms with E-state index >= 15 is 0 Å². The zero-order chi connectivity index (χ0) is 20.8. The number of β-amino-alcohol motifs (C(OH)–C–C–N with tert-alkyl or cyclic N) is 1. The number of likely N-dealkylation sites (tertiary alicyclic amines) is 1. The van der Waals surface area contributed by atoms with Gasteiger partial charge in [-0.1, -0.05) is 12.1 Å². The number of rotatable bonds is 7. The van der Waals surface area contributed by atoms with Gasteiger partial charge >= 0.3 is 0 Å². The van der Waals surface area contributed by atoms with Crippen LogP contribution in [-0.2, 0) is 11.2 Å². The third-order valence-electron chi connectivity index (χ3n) is 5.04. The summed E-state index contributed by atoms with van der Waals surface area (Å²) < 4.78 is 29.5. The van der Waals surface area contributed by atoms with E-state index in [1.54, 1.807) is 12.0 Å². The highest BCUT2D eigenvalue weighted by Crippen LogP contribution is 2.30. The summed E-state index contributed by atoms with van der Waals surface area (Å²) in [7, 11) is 3.04. The van der Waals surface area contributed by atoms with Gasteiger partial charge in [0.1, 0.15) is 23.8 Å². The lowest BCUT2D eigenvalue weighted by molar-refractivity contribution is -0.137. The Kier molecular flexibility index (Phi) is 6.93. The first-order chi connectivity index (χ1) is 14.0. The number of hydrogen-bond donors (Lipinski definition) is 1. The molecule has 0 bridgehead atoms. The molecule has 1 amide bonds. The van der Waals surface area contributed by atoms with Crippen molar-refractivity contribution < 1.29 is 28.5 Å². The van der Waals surface area contributed by atoms with Gasteiger partial charge in [0.05, 0.1) is 20.8 Å². The molecule has 2 aromatic rings. The van der Waals surface area contributed by atoms with Gasteiger partial charge in [-0.25, -0.2) is 4.39 Å². The van der Waals surface area contributed by atoms with Gasteiger partial charge in [0.2, 0.25) is 5.91 Å². The Bertz CT molecular complexity index is 844. The molecule has 7 heteroatoms. The zero-order valence-electron chi connectivity index (χ0n) is 16.6. The smallest absolute Gasteiger partial charge is 0.222 e. The molecule has 0 radical (unpaired) electrons. The fourth-order valence-corrected chi connectivity index (χ4v) is 3.41. The molecule has 1 saturated heterocycles. The molecule has 0 spiro atoms. The predicted molar refractivity (Wildman–Crippen MR) is 106 cm³/mol. The maximum Gasteiger partial charge on any atom is 0.222 e. The van der Waals surface area contributed by atoms with Crippen LogP contribution in [0, 0.1) is 5.82 Å². The predicted octanol–water partition coefficient (Wildman–Crippen LogP) is 2.82. The molecule has 29 heavy (non-hydrogen) atoms. The summed E-state index contributed by atoms with van der Waals surface area (Å²) in [5.74, 6) is 0.972. The zero-order valence-corrected chi connectivity index (χ0v) is 16.6. The number of ether oxygens (including phenoxy) is 3. The Labute approximate surface area is 169 Å². The van der Waals surface area contributed by atoms with Crippen LogP contribution < -0.4 is 14.2 Å². The second kappa shape index (κ2) is 9.60. The summed E-state index contributed by atoms with van der Waals surface area (Å²) in [6, 6.07) is 11.6. The Hall–Kier alpha value is -2.80. The van der Waals surface area contributed by atoms with Crippen molar-refractivity contribution in [1.82, 2.24) is 4.90 Å². The normalized spacial score (nSPS) is 19.0. The van der Waals surface area contributed by atoms with Gasteiger partial charge in [0.15, 0.2) is 11.5 Å². The molecule has 1 N–H and O–H groups in total. The largest absolute Gasteiger partial charge is 0.497 e. The highest BCUT2D eigenvalue weighted by molar-refractivity contribution is 5.76. The van der Waals surface area contributed by atoms with Crippen molar-refractivity contribution in [1.29, 1.82) is 0 Å². The maximum atomic E-state index is 13.3. The van der Waals surface area contributed by atoms with E-state index in [2.05, 4.69) is 0 Å². The number of aryl methyl sites for hydroxylation is 1. The number of carbonyl (C=O) groups is 1. The van der Waals surface area contributed by atoms with Crippen molar-refractivity contribution in [2.24, 2.45) is 0 Å². The van der Waals surface area contributed by atoms with Crippen LogP contribution >= 0.6 is 0 Å². The van der Waals surface area contributed by atoms with E-state index < -0.39 is 18.0 Å². The van der Waals surface area contributed by atoms with Crippen LogP contribution in [0.4, 0.5) is 4.39 Å². The number of halogens is 1. The van der Waals surface area contributed by atoms with E-state index in [0.717, 1.165) is 11.3 Å². The van der Waals surface area contributed by atoms with Crippen molar-refractivity contribution in [2.75, 3.05) is 27.3 Å². The summed E-state index contributed by atoms with van der Waals surface area (Å²) in [4.78, 5) is 14.2. The van der Waals surface area contributed by atoms with E-state index in [1.807, 2.05) is 24.3 Å². The molecule has 1 fully saturated rings. The summed E-state index contributed by atoms with van der Waals surface area (Å²) in [6.07, 6.45) is 0.121. The van der Waals surface area contributed by atoms with E-state index in [1.165, 1.54) is 25.3 Å². The molecule has 0 unspecified atom stereocenters. The first-order valence-electron chi connectivity index (χ1n) is 9.59. The lowest BCUT2D eigenvalue weighted by Crippen LogP contribution is -2.51. The molecular formula is C22H26FNO5. The maximum absolute atomic E-state index is 13.3. The number of methoxy groups -OCH3 is 2. The van der Waals surface area contributed by atoms with Crippen molar-refractivity contribution >= 4 is 5.91 Å². The van der Waals surface area contributed by atoms with E-state index in [9.17, 15) is 14.3 Å². The third-order valence-corrected chi connectivity index (χ3v) is 5.04. The summed E-state index contributed by atoms with van der Waals surface area (Å²) >= 11 is 0. The van der Waals surface area contributed by atoms with Gasteiger partial charge < -0.3 is 24.2 Å². The molecule has 1 aliphatic rings. The van der Waals surface area contributed by atoms with Crippen LogP contribution in [0.15, 0.2) is 42.5 Å². The van der Waals surface area contributed by atoms with Crippen LogP contribution in [0.5, 0.6) is 17.2 Å². The Morgan fingerprint density at radius 3 is 2.72 bits per heavy atom. The molecule has 156 valence electrons. The Morgan fingerprint density at radius 1 is 1.17 bits per heavy atom. The average Bonchev–Trinajstić information content (AvgIpc) is 2.74. The van der Waals surface area contributed by atoms with Crippen molar-refractivity contribution in [3.8, 4) is 17.2 Å². The fourth-order valence-electron chi connectivity index (χ4n) is 3.41. The SMILES string of the molecule is COc1cccc(CCC(=O)N2CC[C@@H](Oc3ccc(F)cc3OC)[C@H](O)C2)c1. The number of hydrogen-bond acceptors (Lipinski definition) is 5. The molecule has 1 aliphatic heterocycles. The van der Waals surface area contributed by atoms with Crippen molar-refractivity contribution in [2.45, 2.75) is 31.5 Å². The number of piperidine rings is 1. The number of aliphatic hydroxyl groups excluding tert-OH is 1. The van der Waals surface area contributed by atoms with Crippen LogP contribution in [0.1, 0.15) is 18.4 Å². The van der Waals surface area contributed by atoms with Gasteiger partial charge in [0, 0.05) is 25.5 Å². The summed E-state index contributed by atoms with van der Waals surface area (Å²) in [5.41, 5.74) is 1.03. The molecule has 0 saturated carbocycles. The Balaban J connectivity index is 1.53. The summed E-state index contributed by atoms with van der Waals surface area (Å²) in [5, 5.41) is 10.5. The van der Waals surface area contributed by atoms with Gasteiger partial charge in [-0.2, -0.15) is 0 Å². The van der Waals surface area contributed by atoms with Gasteiger partial charge in [-0.3, -0.25) is 4.79 Å². The topological polar surface area (TPSA) is 68.2 Å². The van der Waals surface area contributed by atoms with Crippen LogP contribution in [0.25, 0.3) is 0 Å². The lowest BCUT2D eigenvalue weighted by atomic mass is 10.0. The van der Waals surface area contributed by atoms with Crippen LogP contribution in [0.3, 0.4) is 0 Å². The van der Waals surface area contributed by atoms with Crippen LogP contribution in [0.2, 0.25) is 0 Å². The average molecular weight is 403 g/mol. The van der Waals surface area contributed by atoms with Crippen molar-refractivity contribution in [3.63, 3.8) is 0 Å². The fraction of sp³-hybridized carbons (Fsp3) is 0.409. The summed E-state index contributed by atoms with van der Waals surface area (Å²) in [6.45, 7) is 0.688. The molecule has 2 aromatic carbocycles. The lowest BCUT2D eigenvalue weighted by Gasteiger charge is -2.36. The minimum absolute atomic E-state index is 0.00955. The number of aliphatic hydroxyl groups is 1. The number of carbonyl (C=O) groups excluding carboxylic acids is 1. The quantitative estimate of drug-likeness (QED) is 0.770. The highest BCUT2D eigenvalue weighted by atomic mass is 19.1. The van der Waals surface area contributed by atoms with E-state index in [0.29, 0.717) is 31.6 Å². The Morgan fingerprint density at radius 2 is 2.00 bits per heavy atom. The van der Waals surface area contributed by atoms with Crippen LogP contribution in [-0.4, -0.2) is 55.4 Å². The van der Waals surface area contributed by atoms with Gasteiger partial charge in [-0.15, -0.1) is 0 Å². The standard InChI is InChI=1S/C22H26FNO5/c1-27-17-5-3-4-15(12-17)6-9-22(26)24-11-10-19(18(25)14-24)29-20-8-7-16(23)13-21(20)28-2/h3-5,7-8,12-13,18-19,25H,6,9-11,14H2,1-2H3/t18-,19-/m1/s1. The molecule has 6 nitrogen and oxygen atoms in total. The molecule has 3 rings (SSSR count). The number of nitrogens with zero attached hydrogens (tertiary/aromatic N) is 1. The molecule has 0 aliphatic carbocycles. The van der Waals surface area contributed by atoms with Gasteiger partial charge in [0.25, 0.3) is 0 Å². The molecule has 0 aromatic heterocycles. The minimum atomic E-state index is -0.834. The minimum Gasteiger partial charge on any atom is -0.497 e. The monoisotopic (exact) mass is 403 g/mol. The van der Waals surface area contributed by atoms with E-state index in [4.69, 9.17) is 14.2 Å². The second-order valence-corrected chi connectivity index (χ2v) is 7.00. The van der Waals surface area contributed by atoms with E-state index in [-0.39, 0.29) is 18.2 Å². The first kappa shape index (κ1) is 20.9.